The molecular weight excluding hydrogens is 531 g/mol. The Bertz CT molecular complexity index is 1010. The molecule has 9 atom stereocenters. The van der Waals surface area contributed by atoms with Gasteiger partial charge in [-0.25, -0.2) is 0 Å². The molecule has 0 aromatic heterocycles. The van der Waals surface area contributed by atoms with Crippen LogP contribution in [0.1, 0.15) is 32.6 Å². The number of alkyl halides is 3. The molecule has 8 N–H and O–H groups in total. The van der Waals surface area contributed by atoms with E-state index in [4.69, 9.17) is 10.5 Å². The Morgan fingerprint density at radius 1 is 1.18 bits per heavy atom. The standard InChI is InChI=1S/C26H42F3N7O4/c1-14(3-6-20-33-17-5-4-15(11-18(17)34-20)40-26(27,28)29)7-9-35(2)12-19-21(37)22(38)25(39-19)36-10-8-16-23(30)31-13-32-24(16)36/h4-5,11,14,16,19-25,31-34,37-38H,3,6-10,12-13,30H2,1-2H3. The van der Waals surface area contributed by atoms with Crippen molar-refractivity contribution in [3.8, 4) is 5.75 Å². The fourth-order valence-corrected chi connectivity index (χ4v) is 6.31. The highest BCUT2D eigenvalue weighted by molar-refractivity contribution is 5.75. The number of aliphatic hydroxyl groups is 2. The lowest BCUT2D eigenvalue weighted by molar-refractivity contribution is -0.274. The minimum absolute atomic E-state index is 0.00680. The van der Waals surface area contributed by atoms with Crippen molar-refractivity contribution in [3.05, 3.63) is 18.2 Å². The summed E-state index contributed by atoms with van der Waals surface area (Å²) < 4.78 is 47.7. The number of aliphatic hydroxyl groups excluding tert-OH is 2. The van der Waals surface area contributed by atoms with Gasteiger partial charge in [0.2, 0.25) is 0 Å². The average molecular weight is 574 g/mol. The Balaban J connectivity index is 1.03. The molecule has 0 saturated carbocycles. The number of ether oxygens (including phenoxy) is 2. The Morgan fingerprint density at radius 2 is 1.95 bits per heavy atom. The molecular formula is C26H42F3N7O4. The van der Waals surface area contributed by atoms with Crippen LogP contribution in [0.15, 0.2) is 18.2 Å². The second-order valence-corrected chi connectivity index (χ2v) is 11.6. The number of halogens is 3. The van der Waals surface area contributed by atoms with Gasteiger partial charge in [-0.05, 0) is 57.3 Å². The summed E-state index contributed by atoms with van der Waals surface area (Å²) in [4.78, 5) is 4.21. The monoisotopic (exact) mass is 573 g/mol. The smallest absolute Gasteiger partial charge is 0.406 e. The van der Waals surface area contributed by atoms with Gasteiger partial charge in [0.05, 0.1) is 29.9 Å². The molecule has 4 aliphatic rings. The number of likely N-dealkylation sites (tertiary alicyclic amines) is 1. The van der Waals surface area contributed by atoms with E-state index in [9.17, 15) is 23.4 Å². The summed E-state index contributed by atoms with van der Waals surface area (Å²) in [7, 11) is 1.99. The normalized spacial score (nSPS) is 34.8. The number of likely N-dealkylation sites (N-methyl/N-ethyl adjacent to an activating group) is 1. The highest BCUT2D eigenvalue weighted by Crippen LogP contribution is 2.36. The molecule has 11 nitrogen and oxygen atoms in total. The zero-order chi connectivity index (χ0) is 28.6. The fourth-order valence-electron chi connectivity index (χ4n) is 6.31. The third kappa shape index (κ3) is 6.76. The maximum absolute atomic E-state index is 12.5. The molecule has 3 saturated heterocycles. The van der Waals surface area contributed by atoms with Crippen LogP contribution >= 0.6 is 0 Å². The largest absolute Gasteiger partial charge is 0.573 e. The van der Waals surface area contributed by atoms with E-state index in [1.54, 1.807) is 6.07 Å². The van der Waals surface area contributed by atoms with E-state index in [-0.39, 0.29) is 30.2 Å². The van der Waals surface area contributed by atoms with Crippen LogP contribution in [0.5, 0.6) is 5.75 Å². The van der Waals surface area contributed by atoms with E-state index in [1.807, 2.05) is 7.05 Å². The van der Waals surface area contributed by atoms with Crippen molar-refractivity contribution in [1.29, 1.82) is 0 Å². The number of benzene rings is 1. The van der Waals surface area contributed by atoms with Crippen molar-refractivity contribution >= 4 is 11.4 Å². The van der Waals surface area contributed by atoms with Crippen LogP contribution in [-0.4, -0.2) is 103 Å². The second-order valence-electron chi connectivity index (χ2n) is 11.6. The molecule has 4 heterocycles. The lowest BCUT2D eigenvalue weighted by Crippen LogP contribution is -2.64. The highest BCUT2D eigenvalue weighted by Gasteiger charge is 2.51. The maximum Gasteiger partial charge on any atom is 0.573 e. The van der Waals surface area contributed by atoms with E-state index < -0.39 is 30.9 Å². The topological polar surface area (TPSA) is 140 Å². The molecule has 1 aromatic carbocycles. The van der Waals surface area contributed by atoms with Crippen LogP contribution in [0.3, 0.4) is 0 Å². The SMILES string of the molecule is CC(CCC1Nc2ccc(OC(F)(F)F)cc2N1)CCN(C)CC1OC(N2CCC3C(N)NCNC32)C(O)C1O. The number of nitrogens with one attached hydrogen (secondary N) is 4. The predicted molar refractivity (Wildman–Crippen MR) is 143 cm³/mol. The predicted octanol–water partition coefficient (Wildman–Crippen LogP) is 1.02. The second kappa shape index (κ2) is 12.1. The van der Waals surface area contributed by atoms with Gasteiger partial charge in [0.15, 0.2) is 0 Å². The number of anilines is 2. The zero-order valence-corrected chi connectivity index (χ0v) is 22.9. The van der Waals surface area contributed by atoms with Crippen LogP contribution in [0, 0.1) is 11.8 Å². The molecule has 0 spiro atoms. The van der Waals surface area contributed by atoms with Crippen LogP contribution in [0.4, 0.5) is 24.5 Å². The molecule has 0 amide bonds. The van der Waals surface area contributed by atoms with Gasteiger partial charge < -0.3 is 41.0 Å². The van der Waals surface area contributed by atoms with Crippen molar-refractivity contribution in [1.82, 2.24) is 20.4 Å². The molecule has 40 heavy (non-hydrogen) atoms. The minimum atomic E-state index is -4.72. The summed E-state index contributed by atoms with van der Waals surface area (Å²) in [6, 6.07) is 4.24. The summed E-state index contributed by atoms with van der Waals surface area (Å²) in [5.41, 5.74) is 7.56. The summed E-state index contributed by atoms with van der Waals surface area (Å²) in [5, 5.41) is 34.7. The summed E-state index contributed by atoms with van der Waals surface area (Å²) in [5.74, 6) is 0.377. The quantitative estimate of drug-likeness (QED) is 0.216. The number of hydrogen-bond acceptors (Lipinski definition) is 11. The summed E-state index contributed by atoms with van der Waals surface area (Å²) in [6.45, 7) is 4.80. The number of hydrogen-bond donors (Lipinski definition) is 7. The molecule has 226 valence electrons. The molecule has 5 rings (SSSR count). The van der Waals surface area contributed by atoms with Crippen molar-refractivity contribution in [2.45, 2.75) is 82.0 Å². The number of nitrogens with zero attached hydrogens (tertiary/aromatic N) is 2. The summed E-state index contributed by atoms with van der Waals surface area (Å²) >= 11 is 0. The molecule has 1 aromatic rings. The van der Waals surface area contributed by atoms with Gasteiger partial charge in [-0.15, -0.1) is 13.2 Å². The third-order valence-corrected chi connectivity index (χ3v) is 8.59. The molecule has 14 heteroatoms. The summed E-state index contributed by atoms with van der Waals surface area (Å²) in [6.07, 6.45) is -4.37. The van der Waals surface area contributed by atoms with E-state index in [2.05, 4.69) is 42.7 Å². The molecule has 9 unspecified atom stereocenters. The van der Waals surface area contributed by atoms with Gasteiger partial charge >= 0.3 is 6.36 Å². The Morgan fingerprint density at radius 3 is 2.73 bits per heavy atom. The third-order valence-electron chi connectivity index (χ3n) is 8.59. The van der Waals surface area contributed by atoms with Crippen molar-refractivity contribution in [2.24, 2.45) is 17.6 Å². The molecule has 3 fully saturated rings. The molecule has 0 radical (unpaired) electrons. The lowest BCUT2D eigenvalue weighted by Gasteiger charge is -2.39. The molecule has 4 aliphatic heterocycles. The van der Waals surface area contributed by atoms with Crippen LogP contribution in [-0.2, 0) is 4.74 Å². The Kier molecular flexibility index (Phi) is 8.97. The highest BCUT2D eigenvalue weighted by atomic mass is 19.4. The van der Waals surface area contributed by atoms with Gasteiger partial charge in [-0.2, -0.15) is 0 Å². The molecule has 0 aliphatic carbocycles. The van der Waals surface area contributed by atoms with Crippen molar-refractivity contribution in [3.63, 3.8) is 0 Å². The lowest BCUT2D eigenvalue weighted by atomic mass is 10.00. The van der Waals surface area contributed by atoms with Gasteiger partial charge in [0, 0.05) is 31.7 Å². The Labute approximate surface area is 232 Å². The van der Waals surface area contributed by atoms with Gasteiger partial charge in [-0.1, -0.05) is 6.92 Å². The van der Waals surface area contributed by atoms with Crippen molar-refractivity contribution < 1.29 is 32.9 Å². The van der Waals surface area contributed by atoms with Gasteiger partial charge in [0.1, 0.15) is 30.3 Å². The average Bonchev–Trinajstić information content (AvgIpc) is 3.57. The van der Waals surface area contributed by atoms with E-state index in [0.29, 0.717) is 24.8 Å². The van der Waals surface area contributed by atoms with Crippen LogP contribution in [0.2, 0.25) is 0 Å². The zero-order valence-electron chi connectivity index (χ0n) is 22.9. The van der Waals surface area contributed by atoms with E-state index in [0.717, 1.165) is 44.5 Å². The Hall–Kier alpha value is -1.91. The first-order valence-corrected chi connectivity index (χ1v) is 14.1. The van der Waals surface area contributed by atoms with Crippen molar-refractivity contribution in [2.75, 3.05) is 44.0 Å². The minimum Gasteiger partial charge on any atom is -0.406 e. The van der Waals surface area contributed by atoms with Crippen LogP contribution in [0.25, 0.3) is 0 Å². The van der Waals surface area contributed by atoms with E-state index in [1.165, 1.54) is 12.1 Å². The first-order chi connectivity index (χ1) is 19.0. The maximum atomic E-state index is 12.5. The van der Waals surface area contributed by atoms with E-state index >= 15 is 0 Å². The first kappa shape index (κ1) is 29.6. The van der Waals surface area contributed by atoms with Gasteiger partial charge in [-0.3, -0.25) is 15.5 Å². The molecule has 0 bridgehead atoms. The van der Waals surface area contributed by atoms with Crippen LogP contribution < -0.4 is 31.7 Å². The number of fused-ring (bicyclic) bond motifs is 2. The fraction of sp³-hybridized carbons (Fsp3) is 0.769. The van der Waals surface area contributed by atoms with Gasteiger partial charge in [0.25, 0.3) is 0 Å². The first-order valence-electron chi connectivity index (χ1n) is 14.1. The number of nitrogens with two attached hydrogens (primary N) is 1. The number of rotatable bonds is 10.